The van der Waals surface area contributed by atoms with Gasteiger partial charge in [0, 0.05) is 11.1 Å². The van der Waals surface area contributed by atoms with Crippen LogP contribution in [0.5, 0.6) is 0 Å². The van der Waals surface area contributed by atoms with E-state index < -0.39 is 4.33 Å². The lowest BCUT2D eigenvalue weighted by atomic mass is 9.98. The Morgan fingerprint density at radius 2 is 1.69 bits per heavy atom. The molecule has 2 N–H and O–H groups in total. The Morgan fingerprint density at radius 3 is 2.08 bits per heavy atom. The average molecular weight is 216 g/mol. The van der Waals surface area contributed by atoms with Crippen molar-refractivity contribution >= 4 is 28.9 Å². The molecule has 1 aromatic carbocycles. The highest BCUT2D eigenvalue weighted by Gasteiger charge is 2.63. The van der Waals surface area contributed by atoms with E-state index in [0.29, 0.717) is 0 Å². The van der Waals surface area contributed by atoms with Crippen LogP contribution in [-0.2, 0) is 5.41 Å². The van der Waals surface area contributed by atoms with E-state index in [2.05, 4.69) is 6.92 Å². The second-order valence-electron chi connectivity index (χ2n) is 3.84. The summed E-state index contributed by atoms with van der Waals surface area (Å²) in [5.74, 6) is 0. The van der Waals surface area contributed by atoms with E-state index in [1.54, 1.807) is 0 Å². The third-order valence-electron chi connectivity index (χ3n) is 2.81. The van der Waals surface area contributed by atoms with Gasteiger partial charge in [0.2, 0.25) is 0 Å². The molecule has 1 aliphatic rings. The second-order valence-corrected chi connectivity index (χ2v) is 5.32. The van der Waals surface area contributed by atoms with Gasteiger partial charge in [0.15, 0.2) is 0 Å². The van der Waals surface area contributed by atoms with E-state index in [9.17, 15) is 0 Å². The predicted molar refractivity (Wildman–Crippen MR) is 57.3 cm³/mol. The van der Waals surface area contributed by atoms with Gasteiger partial charge in [0.05, 0.1) is 0 Å². The van der Waals surface area contributed by atoms with Crippen LogP contribution in [0.1, 0.15) is 18.9 Å². The van der Waals surface area contributed by atoms with E-state index >= 15 is 0 Å². The molecule has 0 spiro atoms. The summed E-state index contributed by atoms with van der Waals surface area (Å²) in [6, 6.07) is 7.73. The number of rotatable bonds is 1. The van der Waals surface area contributed by atoms with Crippen LogP contribution < -0.4 is 5.73 Å². The maximum atomic E-state index is 6.06. The Labute approximate surface area is 87.8 Å². The van der Waals surface area contributed by atoms with Crippen LogP contribution in [0.2, 0.25) is 0 Å². The number of hydrogen-bond acceptors (Lipinski definition) is 1. The summed E-state index contributed by atoms with van der Waals surface area (Å²) >= 11 is 12.1. The van der Waals surface area contributed by atoms with Gasteiger partial charge in [-0.05, 0) is 24.1 Å². The van der Waals surface area contributed by atoms with Gasteiger partial charge in [-0.25, -0.2) is 0 Å². The fourth-order valence-electron chi connectivity index (χ4n) is 1.56. The van der Waals surface area contributed by atoms with Crippen LogP contribution in [-0.4, -0.2) is 4.33 Å². The molecular formula is C10H11Cl2N. The summed E-state index contributed by atoms with van der Waals surface area (Å²) in [5.41, 5.74) is 7.42. The summed E-state index contributed by atoms with van der Waals surface area (Å²) in [4.78, 5) is 0. The summed E-state index contributed by atoms with van der Waals surface area (Å²) in [6.07, 6.45) is 0.813. The number of nitrogen functional groups attached to an aromatic ring is 1. The molecule has 0 amide bonds. The molecule has 0 saturated heterocycles. The largest absolute Gasteiger partial charge is 0.399 e. The minimum absolute atomic E-state index is 0.0934. The number of halogens is 2. The second kappa shape index (κ2) is 2.55. The number of alkyl halides is 2. The van der Waals surface area contributed by atoms with Crippen molar-refractivity contribution in [1.29, 1.82) is 0 Å². The third kappa shape index (κ3) is 1.31. The molecular weight excluding hydrogens is 205 g/mol. The number of anilines is 1. The van der Waals surface area contributed by atoms with Crippen molar-refractivity contribution in [3.05, 3.63) is 29.8 Å². The number of nitrogens with two attached hydrogens (primary N) is 1. The van der Waals surface area contributed by atoms with E-state index in [-0.39, 0.29) is 5.41 Å². The molecule has 0 radical (unpaired) electrons. The van der Waals surface area contributed by atoms with E-state index in [0.717, 1.165) is 17.7 Å². The summed E-state index contributed by atoms with van der Waals surface area (Å²) in [6.45, 7) is 2.07. The van der Waals surface area contributed by atoms with Crippen LogP contribution >= 0.6 is 23.2 Å². The smallest absolute Gasteiger partial charge is 0.128 e. The van der Waals surface area contributed by atoms with Crippen LogP contribution in [0.4, 0.5) is 5.69 Å². The van der Waals surface area contributed by atoms with E-state index in [4.69, 9.17) is 28.9 Å². The Kier molecular flexibility index (Phi) is 1.80. The minimum atomic E-state index is -0.594. The molecule has 1 aliphatic carbocycles. The zero-order valence-electron chi connectivity index (χ0n) is 7.35. The molecule has 70 valence electrons. The molecule has 0 aliphatic heterocycles. The van der Waals surface area contributed by atoms with Crippen LogP contribution in [0, 0.1) is 0 Å². The SMILES string of the molecule is C[C@]1(c2ccc(N)cc2)CC1(Cl)Cl. The van der Waals surface area contributed by atoms with Crippen molar-refractivity contribution in [2.75, 3.05) is 5.73 Å². The van der Waals surface area contributed by atoms with Gasteiger partial charge in [-0.15, -0.1) is 23.2 Å². The van der Waals surface area contributed by atoms with Gasteiger partial charge in [0.25, 0.3) is 0 Å². The van der Waals surface area contributed by atoms with Crippen molar-refractivity contribution < 1.29 is 0 Å². The zero-order chi connectivity index (χ0) is 9.69. The molecule has 13 heavy (non-hydrogen) atoms. The highest BCUT2D eigenvalue weighted by Crippen LogP contribution is 2.64. The fourth-order valence-corrected chi connectivity index (χ4v) is 2.32. The molecule has 1 aromatic rings. The Hall–Kier alpha value is -0.400. The first-order chi connectivity index (χ1) is 5.96. The molecule has 0 aromatic heterocycles. The molecule has 1 saturated carbocycles. The number of benzene rings is 1. The zero-order valence-corrected chi connectivity index (χ0v) is 8.86. The van der Waals surface area contributed by atoms with Crippen molar-refractivity contribution in [2.24, 2.45) is 0 Å². The predicted octanol–water partition coefficient (Wildman–Crippen LogP) is 3.10. The highest BCUT2D eigenvalue weighted by atomic mass is 35.5. The van der Waals surface area contributed by atoms with Gasteiger partial charge >= 0.3 is 0 Å². The molecule has 0 bridgehead atoms. The summed E-state index contributed by atoms with van der Waals surface area (Å²) in [5, 5.41) is 0. The maximum absolute atomic E-state index is 6.06. The van der Waals surface area contributed by atoms with Gasteiger partial charge in [0.1, 0.15) is 4.33 Å². The summed E-state index contributed by atoms with van der Waals surface area (Å²) < 4.78 is -0.594. The Bertz CT molecular complexity index is 331. The topological polar surface area (TPSA) is 26.0 Å². The molecule has 0 unspecified atom stereocenters. The first kappa shape index (κ1) is 9.17. The summed E-state index contributed by atoms with van der Waals surface area (Å²) in [7, 11) is 0. The van der Waals surface area contributed by atoms with Crippen molar-refractivity contribution in [3.8, 4) is 0 Å². The minimum Gasteiger partial charge on any atom is -0.399 e. The van der Waals surface area contributed by atoms with Crippen LogP contribution in [0.15, 0.2) is 24.3 Å². The normalized spacial score (nSPS) is 30.1. The number of hydrogen-bond donors (Lipinski definition) is 1. The Balaban J connectivity index is 2.34. The Morgan fingerprint density at radius 1 is 1.23 bits per heavy atom. The molecule has 1 nitrogen and oxygen atoms in total. The van der Waals surface area contributed by atoms with Crippen molar-refractivity contribution in [1.82, 2.24) is 0 Å². The molecule has 3 heteroatoms. The molecule has 2 rings (SSSR count). The van der Waals surface area contributed by atoms with Crippen molar-refractivity contribution in [3.63, 3.8) is 0 Å². The van der Waals surface area contributed by atoms with Gasteiger partial charge in [-0.1, -0.05) is 19.1 Å². The van der Waals surface area contributed by atoms with Gasteiger partial charge in [-0.2, -0.15) is 0 Å². The fraction of sp³-hybridized carbons (Fsp3) is 0.400. The first-order valence-electron chi connectivity index (χ1n) is 4.20. The van der Waals surface area contributed by atoms with Crippen molar-refractivity contribution in [2.45, 2.75) is 23.1 Å². The third-order valence-corrected chi connectivity index (χ3v) is 3.91. The lowest BCUT2D eigenvalue weighted by Gasteiger charge is -2.12. The lowest BCUT2D eigenvalue weighted by Crippen LogP contribution is -2.09. The van der Waals surface area contributed by atoms with E-state index in [1.807, 2.05) is 24.3 Å². The van der Waals surface area contributed by atoms with Crippen LogP contribution in [0.3, 0.4) is 0 Å². The van der Waals surface area contributed by atoms with Gasteiger partial charge in [-0.3, -0.25) is 0 Å². The molecule has 1 atom stereocenters. The average Bonchev–Trinajstić information content (AvgIpc) is 2.53. The lowest BCUT2D eigenvalue weighted by molar-refractivity contribution is 0.774. The molecule has 1 fully saturated rings. The quantitative estimate of drug-likeness (QED) is 0.566. The molecule has 0 heterocycles. The first-order valence-corrected chi connectivity index (χ1v) is 4.95. The standard InChI is InChI=1S/C10H11Cl2N/c1-9(6-10(9,11)12)7-2-4-8(13)5-3-7/h2-5H,6,13H2,1H3/t9-/m1/s1. The monoisotopic (exact) mass is 215 g/mol. The van der Waals surface area contributed by atoms with E-state index in [1.165, 1.54) is 0 Å². The maximum Gasteiger partial charge on any atom is 0.128 e. The van der Waals surface area contributed by atoms with Crippen LogP contribution in [0.25, 0.3) is 0 Å². The van der Waals surface area contributed by atoms with Gasteiger partial charge < -0.3 is 5.73 Å². The highest BCUT2D eigenvalue weighted by molar-refractivity contribution is 6.52.